The van der Waals surface area contributed by atoms with Gasteiger partial charge >= 0.3 is 0 Å². The van der Waals surface area contributed by atoms with Gasteiger partial charge < -0.3 is 4.57 Å². The zero-order valence-electron chi connectivity index (χ0n) is 16.3. The molecule has 0 aromatic carbocycles. The van der Waals surface area contributed by atoms with Crippen LogP contribution in [-0.4, -0.2) is 30.6 Å². The van der Waals surface area contributed by atoms with Crippen LogP contribution in [0.25, 0.3) is 11.0 Å². The van der Waals surface area contributed by atoms with Gasteiger partial charge in [0, 0.05) is 36.7 Å². The number of carbonyl (C=O) groups excluding carboxylic acids is 1. The van der Waals surface area contributed by atoms with Gasteiger partial charge in [-0.1, -0.05) is 25.6 Å². The lowest BCUT2D eigenvalue weighted by Gasteiger charge is -2.14. The highest BCUT2D eigenvalue weighted by Crippen LogP contribution is 2.21. The largest absolute Gasteiger partial charge is 0.351 e. The molecule has 0 atom stereocenters. The number of carbonyl (C=O) groups is 1. The molecule has 7 heteroatoms. The number of hydrogen-bond acceptors (Lipinski definition) is 5. The molecule has 3 rings (SSSR count). The molecule has 6 nitrogen and oxygen atoms in total. The lowest BCUT2D eigenvalue weighted by atomic mass is 10.2. The summed E-state index contributed by atoms with van der Waals surface area (Å²) >= 11 is 1.30. The van der Waals surface area contributed by atoms with Crippen LogP contribution in [0.3, 0.4) is 0 Å². The average Bonchev–Trinajstić information content (AvgIpc) is 2.89. The van der Waals surface area contributed by atoms with Crippen LogP contribution in [0.15, 0.2) is 34.3 Å². The molecule has 0 bridgehead atoms. The Morgan fingerprint density at radius 1 is 1.30 bits per heavy atom. The molecule has 0 spiro atoms. The van der Waals surface area contributed by atoms with Crippen LogP contribution >= 0.6 is 11.8 Å². The smallest absolute Gasteiger partial charge is 0.263 e. The Labute approximate surface area is 162 Å². The van der Waals surface area contributed by atoms with Gasteiger partial charge in [-0.3, -0.25) is 14.2 Å². The van der Waals surface area contributed by atoms with E-state index in [1.807, 2.05) is 31.5 Å². The predicted octanol–water partition coefficient (Wildman–Crippen LogP) is 3.38. The number of aryl methyl sites for hydroxylation is 1. The van der Waals surface area contributed by atoms with Crippen LogP contribution in [0.4, 0.5) is 0 Å². The molecule has 0 fully saturated rings. The van der Waals surface area contributed by atoms with Gasteiger partial charge in [0.05, 0.1) is 11.1 Å². The van der Waals surface area contributed by atoms with E-state index in [0.717, 1.165) is 17.0 Å². The van der Waals surface area contributed by atoms with Crippen LogP contribution in [0.5, 0.6) is 0 Å². The predicted molar refractivity (Wildman–Crippen MR) is 109 cm³/mol. The summed E-state index contributed by atoms with van der Waals surface area (Å²) < 4.78 is 3.67. The van der Waals surface area contributed by atoms with Crippen LogP contribution < -0.4 is 5.56 Å². The van der Waals surface area contributed by atoms with Crippen molar-refractivity contribution in [2.24, 2.45) is 13.0 Å². The molecule has 3 heterocycles. The topological polar surface area (TPSA) is 69.8 Å². The van der Waals surface area contributed by atoms with E-state index in [4.69, 9.17) is 0 Å². The van der Waals surface area contributed by atoms with Crippen molar-refractivity contribution < 1.29 is 4.79 Å². The molecule has 142 valence electrons. The fraction of sp³-hybridized carbons (Fsp3) is 0.400. The molecule has 0 amide bonds. The molecule has 0 aliphatic heterocycles. The fourth-order valence-electron chi connectivity index (χ4n) is 3.02. The second-order valence-electron chi connectivity index (χ2n) is 7.13. The van der Waals surface area contributed by atoms with Gasteiger partial charge in [0.15, 0.2) is 16.6 Å². The number of ketones is 1. The Morgan fingerprint density at radius 2 is 2.04 bits per heavy atom. The van der Waals surface area contributed by atoms with Gasteiger partial charge in [-0.2, -0.15) is 0 Å². The number of fused-ring (bicyclic) bond motifs is 1. The molecule has 3 aromatic rings. The van der Waals surface area contributed by atoms with Gasteiger partial charge in [0.1, 0.15) is 0 Å². The molecule has 3 aromatic heterocycles. The Bertz CT molecular complexity index is 1070. The molecule has 0 N–H and O–H groups in total. The van der Waals surface area contributed by atoms with E-state index < -0.39 is 0 Å². The first-order valence-corrected chi connectivity index (χ1v) is 9.92. The molecule has 27 heavy (non-hydrogen) atoms. The second kappa shape index (κ2) is 7.68. The van der Waals surface area contributed by atoms with Gasteiger partial charge in [0.2, 0.25) is 0 Å². The Morgan fingerprint density at radius 3 is 2.67 bits per heavy atom. The third-order valence-corrected chi connectivity index (χ3v) is 5.63. The normalized spacial score (nSPS) is 11.5. The summed E-state index contributed by atoms with van der Waals surface area (Å²) in [6, 6.07) is 5.39. The highest BCUT2D eigenvalue weighted by Gasteiger charge is 2.18. The summed E-state index contributed by atoms with van der Waals surface area (Å²) in [5.74, 6) is 0.549. The third-order valence-electron chi connectivity index (χ3n) is 4.65. The molecule has 0 aliphatic carbocycles. The van der Waals surface area contributed by atoms with Gasteiger partial charge in [-0.05, 0) is 38.0 Å². The summed E-state index contributed by atoms with van der Waals surface area (Å²) in [5, 5.41) is 1.04. The first kappa shape index (κ1) is 19.4. The summed E-state index contributed by atoms with van der Waals surface area (Å²) in [7, 11) is 1.95. The first-order chi connectivity index (χ1) is 12.8. The van der Waals surface area contributed by atoms with Crippen molar-refractivity contribution >= 4 is 28.6 Å². The van der Waals surface area contributed by atoms with Gasteiger partial charge in [-0.25, -0.2) is 9.97 Å². The van der Waals surface area contributed by atoms with Crippen LogP contribution in [0.1, 0.15) is 35.6 Å². The average molecular weight is 385 g/mol. The zero-order chi connectivity index (χ0) is 19.7. The van der Waals surface area contributed by atoms with Crippen molar-refractivity contribution in [3.63, 3.8) is 0 Å². The van der Waals surface area contributed by atoms with Crippen molar-refractivity contribution in [1.29, 1.82) is 0 Å². The van der Waals surface area contributed by atoms with Crippen LogP contribution in [0.2, 0.25) is 0 Å². The summed E-state index contributed by atoms with van der Waals surface area (Å²) in [6.45, 7) is 8.58. The summed E-state index contributed by atoms with van der Waals surface area (Å²) in [6.07, 6.45) is 1.62. The zero-order valence-corrected chi connectivity index (χ0v) is 17.1. The van der Waals surface area contributed by atoms with Crippen molar-refractivity contribution in [2.45, 2.75) is 39.4 Å². The Hall–Kier alpha value is -2.41. The number of pyridine rings is 1. The third kappa shape index (κ3) is 3.83. The Kier molecular flexibility index (Phi) is 5.51. The number of nitrogens with zero attached hydrogens (tertiary/aromatic N) is 4. The highest BCUT2D eigenvalue weighted by molar-refractivity contribution is 7.99. The van der Waals surface area contributed by atoms with Gasteiger partial charge in [-0.15, -0.1) is 0 Å². The highest BCUT2D eigenvalue weighted by atomic mass is 32.2. The van der Waals surface area contributed by atoms with E-state index in [1.165, 1.54) is 11.8 Å². The number of hydrogen-bond donors (Lipinski definition) is 0. The molecule has 0 unspecified atom stereocenters. The number of thioether (sulfide) groups is 1. The van der Waals surface area contributed by atoms with Gasteiger partial charge in [0.25, 0.3) is 5.56 Å². The molecular formula is C20H24N4O2S. The monoisotopic (exact) mass is 384 g/mol. The van der Waals surface area contributed by atoms with Crippen molar-refractivity contribution in [1.82, 2.24) is 19.1 Å². The minimum absolute atomic E-state index is 0.0349. The minimum Gasteiger partial charge on any atom is -0.351 e. The lowest BCUT2D eigenvalue weighted by Crippen LogP contribution is -2.26. The number of Topliss-reactive ketones (excluding diaryl/α,β-unsaturated/α-hetero) is 1. The van der Waals surface area contributed by atoms with Crippen molar-refractivity contribution in [3.8, 4) is 0 Å². The van der Waals surface area contributed by atoms with E-state index in [2.05, 4.69) is 23.8 Å². The van der Waals surface area contributed by atoms with E-state index >= 15 is 0 Å². The second-order valence-corrected chi connectivity index (χ2v) is 8.08. The standard InChI is InChI=1S/C20H24N4O2S/c1-12(2)10-24-19(26)15-7-6-8-21-18(15)22-20(24)27-11-17(25)16-9-13(3)23(5)14(16)4/h6-9,12H,10-11H2,1-5H3. The quantitative estimate of drug-likeness (QED) is 0.370. The minimum atomic E-state index is -0.108. The van der Waals surface area contributed by atoms with Crippen LogP contribution in [-0.2, 0) is 13.6 Å². The number of rotatable bonds is 6. The molecule has 0 saturated carbocycles. The van der Waals surface area contributed by atoms with E-state index in [0.29, 0.717) is 22.7 Å². The van der Waals surface area contributed by atoms with E-state index in [1.54, 1.807) is 22.9 Å². The molecule has 0 radical (unpaired) electrons. The first-order valence-electron chi connectivity index (χ1n) is 8.94. The SMILES string of the molecule is Cc1cc(C(=O)CSc2nc3ncccc3c(=O)n2CC(C)C)c(C)n1C. The molecule has 0 aliphatic rings. The molecular weight excluding hydrogens is 360 g/mol. The van der Waals surface area contributed by atoms with E-state index in [9.17, 15) is 9.59 Å². The van der Waals surface area contributed by atoms with Crippen molar-refractivity contribution in [2.75, 3.05) is 5.75 Å². The maximum atomic E-state index is 12.9. The van der Waals surface area contributed by atoms with Crippen LogP contribution in [0, 0.1) is 19.8 Å². The Balaban J connectivity index is 1.94. The summed E-state index contributed by atoms with van der Waals surface area (Å²) in [5.41, 5.74) is 3.03. The fourth-order valence-corrected chi connectivity index (χ4v) is 3.90. The van der Waals surface area contributed by atoms with E-state index in [-0.39, 0.29) is 23.0 Å². The van der Waals surface area contributed by atoms with Crippen molar-refractivity contribution in [3.05, 3.63) is 51.7 Å². The molecule has 0 saturated heterocycles. The maximum Gasteiger partial charge on any atom is 0.263 e. The summed E-state index contributed by atoms with van der Waals surface area (Å²) in [4.78, 5) is 34.4. The lowest BCUT2D eigenvalue weighted by molar-refractivity contribution is 0.102. The maximum absolute atomic E-state index is 12.9. The number of aromatic nitrogens is 4.